The van der Waals surface area contributed by atoms with Crippen molar-refractivity contribution in [1.82, 2.24) is 9.80 Å². The van der Waals surface area contributed by atoms with Crippen molar-refractivity contribution in [2.75, 3.05) is 33.3 Å². The standard InChI is InChI=1S/C25H22F3N3O3S/c1-33-17-5-7-21-19(14-17)24(29-20-13-16(25(26,27)28)4-6-22(20)34-21)31-10-8-30(9-11-31)23(32)15-18-3-2-12-35-18/h2-7,12-14H,8-11,15H2,1H3. The minimum Gasteiger partial charge on any atom is -0.497 e. The Morgan fingerprint density at radius 1 is 1.09 bits per heavy atom. The van der Waals surface area contributed by atoms with Crippen LogP contribution in [0, 0.1) is 0 Å². The molecule has 0 aliphatic carbocycles. The lowest BCUT2D eigenvalue weighted by molar-refractivity contribution is -0.137. The quantitative estimate of drug-likeness (QED) is 0.486. The van der Waals surface area contributed by atoms with Crippen LogP contribution in [0.3, 0.4) is 0 Å². The molecule has 0 atom stereocenters. The molecule has 0 spiro atoms. The van der Waals surface area contributed by atoms with E-state index in [-0.39, 0.29) is 17.3 Å². The first-order chi connectivity index (χ1) is 16.8. The molecule has 0 saturated carbocycles. The lowest BCUT2D eigenvalue weighted by Gasteiger charge is -2.36. The van der Waals surface area contributed by atoms with Gasteiger partial charge in [-0.1, -0.05) is 6.07 Å². The van der Waals surface area contributed by atoms with E-state index in [1.54, 1.807) is 36.6 Å². The normalized spacial score (nSPS) is 15.5. The summed E-state index contributed by atoms with van der Waals surface area (Å²) >= 11 is 1.55. The van der Waals surface area contributed by atoms with E-state index < -0.39 is 11.7 Å². The topological polar surface area (TPSA) is 54.4 Å². The summed E-state index contributed by atoms with van der Waals surface area (Å²) in [6.45, 7) is 1.94. The Hall–Kier alpha value is -3.53. The minimum atomic E-state index is -4.50. The number of hydrogen-bond donors (Lipinski definition) is 0. The maximum absolute atomic E-state index is 13.4. The van der Waals surface area contributed by atoms with Crippen LogP contribution in [0.25, 0.3) is 0 Å². The van der Waals surface area contributed by atoms with Crippen LogP contribution in [0.2, 0.25) is 0 Å². The third-order valence-corrected chi connectivity index (χ3v) is 6.87. The zero-order chi connectivity index (χ0) is 24.6. The molecular weight excluding hydrogens is 479 g/mol. The van der Waals surface area contributed by atoms with E-state index in [4.69, 9.17) is 9.47 Å². The smallest absolute Gasteiger partial charge is 0.416 e. The van der Waals surface area contributed by atoms with Gasteiger partial charge < -0.3 is 19.3 Å². The van der Waals surface area contributed by atoms with Crippen LogP contribution in [0.5, 0.6) is 17.2 Å². The number of ether oxygens (including phenoxy) is 2. The van der Waals surface area contributed by atoms with Gasteiger partial charge in [0.15, 0.2) is 5.75 Å². The molecular formula is C25H22F3N3O3S. The summed E-state index contributed by atoms with van der Waals surface area (Å²) < 4.78 is 51.5. The van der Waals surface area contributed by atoms with Crippen molar-refractivity contribution in [1.29, 1.82) is 0 Å². The number of rotatable bonds is 3. The Labute approximate surface area is 204 Å². The highest BCUT2D eigenvalue weighted by atomic mass is 32.1. The van der Waals surface area contributed by atoms with Crippen molar-refractivity contribution in [2.24, 2.45) is 4.99 Å². The van der Waals surface area contributed by atoms with Gasteiger partial charge >= 0.3 is 6.18 Å². The SMILES string of the molecule is COc1ccc2c(c1)C(N1CCN(C(=O)Cc3cccs3)CC1)=Nc1cc(C(F)(F)F)ccc1O2. The van der Waals surface area contributed by atoms with Gasteiger partial charge in [-0.25, -0.2) is 4.99 Å². The van der Waals surface area contributed by atoms with Crippen molar-refractivity contribution in [2.45, 2.75) is 12.6 Å². The number of carbonyl (C=O) groups excluding carboxylic acids is 1. The first kappa shape index (κ1) is 23.2. The van der Waals surface area contributed by atoms with Crippen LogP contribution in [0.1, 0.15) is 16.0 Å². The molecule has 2 aliphatic heterocycles. The number of amides is 1. The number of aliphatic imine (C=N–C) groups is 1. The van der Waals surface area contributed by atoms with Gasteiger partial charge in [-0.2, -0.15) is 13.2 Å². The number of fused-ring (bicyclic) bond motifs is 2. The number of amidine groups is 1. The third-order valence-electron chi connectivity index (χ3n) is 6.00. The lowest BCUT2D eigenvalue weighted by atomic mass is 10.1. The fourth-order valence-electron chi connectivity index (χ4n) is 4.14. The van der Waals surface area contributed by atoms with Crippen LogP contribution in [-0.4, -0.2) is 54.8 Å². The molecule has 0 N–H and O–H groups in total. The molecule has 0 bridgehead atoms. The summed E-state index contributed by atoms with van der Waals surface area (Å²) in [7, 11) is 1.54. The molecule has 3 heterocycles. The Balaban J connectivity index is 1.45. The Bertz CT molecular complexity index is 1270. The number of thiophene rings is 1. The molecule has 2 aliphatic rings. The molecule has 1 saturated heterocycles. The number of piperazine rings is 1. The number of methoxy groups -OCH3 is 1. The van der Waals surface area contributed by atoms with Gasteiger partial charge in [0.05, 0.1) is 24.7 Å². The van der Waals surface area contributed by atoms with E-state index in [0.29, 0.717) is 55.5 Å². The number of carbonyl (C=O) groups is 1. The molecule has 182 valence electrons. The van der Waals surface area contributed by atoms with Crippen molar-refractivity contribution in [3.05, 3.63) is 69.9 Å². The molecule has 3 aromatic rings. The monoisotopic (exact) mass is 501 g/mol. The first-order valence-corrected chi connectivity index (χ1v) is 11.9. The van der Waals surface area contributed by atoms with Gasteiger partial charge in [-0.05, 0) is 47.8 Å². The number of alkyl halides is 3. The van der Waals surface area contributed by atoms with E-state index in [2.05, 4.69) is 4.99 Å². The molecule has 1 amide bonds. The fraction of sp³-hybridized carbons (Fsp3) is 0.280. The number of benzene rings is 2. The molecule has 0 unspecified atom stereocenters. The Morgan fingerprint density at radius 2 is 1.86 bits per heavy atom. The molecule has 5 rings (SSSR count). The van der Waals surface area contributed by atoms with Gasteiger partial charge in [0.25, 0.3) is 0 Å². The molecule has 1 aromatic heterocycles. The summed E-state index contributed by atoms with van der Waals surface area (Å²) in [5.41, 5.74) is -0.0795. The lowest BCUT2D eigenvalue weighted by Crippen LogP contribution is -2.51. The van der Waals surface area contributed by atoms with Crippen LogP contribution in [0.15, 0.2) is 58.9 Å². The number of nitrogens with zero attached hydrogens (tertiary/aromatic N) is 3. The van der Waals surface area contributed by atoms with E-state index in [9.17, 15) is 18.0 Å². The van der Waals surface area contributed by atoms with Crippen LogP contribution in [0.4, 0.5) is 18.9 Å². The molecule has 35 heavy (non-hydrogen) atoms. The van der Waals surface area contributed by atoms with Gasteiger partial charge in [0, 0.05) is 31.1 Å². The van der Waals surface area contributed by atoms with E-state index in [1.165, 1.54) is 6.07 Å². The van der Waals surface area contributed by atoms with Crippen LogP contribution in [-0.2, 0) is 17.4 Å². The zero-order valence-electron chi connectivity index (χ0n) is 18.8. The Morgan fingerprint density at radius 3 is 2.54 bits per heavy atom. The Kier molecular flexibility index (Phi) is 6.14. The second kappa shape index (κ2) is 9.26. The van der Waals surface area contributed by atoms with Crippen molar-refractivity contribution < 1.29 is 27.4 Å². The fourth-order valence-corrected chi connectivity index (χ4v) is 4.84. The minimum absolute atomic E-state index is 0.0560. The summed E-state index contributed by atoms with van der Waals surface area (Å²) in [5, 5.41) is 1.95. The van der Waals surface area contributed by atoms with Crippen LogP contribution < -0.4 is 9.47 Å². The van der Waals surface area contributed by atoms with Crippen LogP contribution >= 0.6 is 11.3 Å². The number of halogens is 3. The average molecular weight is 502 g/mol. The molecule has 6 nitrogen and oxygen atoms in total. The van der Waals surface area contributed by atoms with E-state index in [1.807, 2.05) is 27.3 Å². The van der Waals surface area contributed by atoms with Gasteiger partial charge in [-0.15, -0.1) is 11.3 Å². The third kappa shape index (κ3) is 4.84. The summed E-state index contributed by atoms with van der Waals surface area (Å²) in [6.07, 6.45) is -4.14. The summed E-state index contributed by atoms with van der Waals surface area (Å²) in [4.78, 5) is 22.2. The predicted octanol–water partition coefficient (Wildman–Crippen LogP) is 5.35. The second-order valence-electron chi connectivity index (χ2n) is 8.20. The van der Waals surface area contributed by atoms with Crippen molar-refractivity contribution >= 4 is 28.8 Å². The zero-order valence-corrected chi connectivity index (χ0v) is 19.7. The predicted molar refractivity (Wildman–Crippen MR) is 127 cm³/mol. The maximum Gasteiger partial charge on any atom is 0.416 e. The molecule has 1 fully saturated rings. The largest absolute Gasteiger partial charge is 0.497 e. The number of hydrogen-bond acceptors (Lipinski definition) is 6. The second-order valence-corrected chi connectivity index (χ2v) is 9.24. The highest BCUT2D eigenvalue weighted by molar-refractivity contribution is 7.10. The van der Waals surface area contributed by atoms with Gasteiger partial charge in [0.2, 0.25) is 5.91 Å². The molecule has 2 aromatic carbocycles. The van der Waals surface area contributed by atoms with Gasteiger partial charge in [0.1, 0.15) is 23.0 Å². The van der Waals surface area contributed by atoms with E-state index in [0.717, 1.165) is 17.0 Å². The molecule has 10 heteroatoms. The summed E-state index contributed by atoms with van der Waals surface area (Å²) in [5.74, 6) is 1.83. The maximum atomic E-state index is 13.4. The molecule has 0 radical (unpaired) electrons. The average Bonchev–Trinajstić information content (AvgIpc) is 3.30. The van der Waals surface area contributed by atoms with Crippen molar-refractivity contribution in [3.8, 4) is 17.2 Å². The highest BCUT2D eigenvalue weighted by Gasteiger charge is 2.33. The van der Waals surface area contributed by atoms with Gasteiger partial charge in [-0.3, -0.25) is 4.79 Å². The van der Waals surface area contributed by atoms with E-state index >= 15 is 0 Å². The first-order valence-electron chi connectivity index (χ1n) is 11.0. The highest BCUT2D eigenvalue weighted by Crippen LogP contribution is 2.42. The van der Waals surface area contributed by atoms with Crippen molar-refractivity contribution in [3.63, 3.8) is 0 Å². The summed E-state index contributed by atoms with van der Waals surface area (Å²) in [6, 6.07) is 12.4.